The average Bonchev–Trinajstić information content (AvgIpc) is 2.85. The Labute approximate surface area is 104 Å². The Morgan fingerprint density at radius 2 is 1.82 bits per heavy atom. The van der Waals surface area contributed by atoms with Crippen LogP contribution in [0, 0.1) is 0 Å². The summed E-state index contributed by atoms with van der Waals surface area (Å²) in [5.74, 6) is 0.325. The van der Waals surface area contributed by atoms with Crippen LogP contribution < -0.4 is 5.73 Å². The second-order valence-electron chi connectivity index (χ2n) is 5.29. The third kappa shape index (κ3) is 3.42. The molecule has 2 fully saturated rings. The number of piperidine rings is 1. The minimum Gasteiger partial charge on any atom is -0.342 e. The highest BCUT2D eigenvalue weighted by atomic mass is 16.2. The fraction of sp³-hybridized carbons (Fsp3) is 0.923. The summed E-state index contributed by atoms with van der Waals surface area (Å²) >= 11 is 0. The maximum atomic E-state index is 12.1. The summed E-state index contributed by atoms with van der Waals surface area (Å²) in [5.41, 5.74) is 5.65. The van der Waals surface area contributed by atoms with Gasteiger partial charge in [0.25, 0.3) is 0 Å². The van der Waals surface area contributed by atoms with Crippen molar-refractivity contribution >= 4 is 5.91 Å². The van der Waals surface area contributed by atoms with Crippen LogP contribution in [-0.2, 0) is 4.79 Å². The lowest BCUT2D eigenvalue weighted by Crippen LogP contribution is -2.46. The second-order valence-corrected chi connectivity index (χ2v) is 5.29. The van der Waals surface area contributed by atoms with E-state index >= 15 is 0 Å². The van der Waals surface area contributed by atoms with Crippen molar-refractivity contribution in [2.45, 2.75) is 44.6 Å². The predicted molar refractivity (Wildman–Crippen MR) is 68.7 cm³/mol. The van der Waals surface area contributed by atoms with Crippen molar-refractivity contribution in [3.8, 4) is 0 Å². The van der Waals surface area contributed by atoms with Crippen LogP contribution in [0.2, 0.25) is 0 Å². The van der Waals surface area contributed by atoms with E-state index in [-0.39, 0.29) is 0 Å². The van der Waals surface area contributed by atoms with E-state index in [9.17, 15) is 4.79 Å². The predicted octanol–water partition coefficient (Wildman–Crippen LogP) is 0.812. The maximum absolute atomic E-state index is 12.1. The largest absolute Gasteiger partial charge is 0.342 e. The number of nitrogens with zero attached hydrogens (tertiary/aromatic N) is 2. The van der Waals surface area contributed by atoms with Crippen molar-refractivity contribution in [2.75, 3.05) is 32.7 Å². The van der Waals surface area contributed by atoms with Gasteiger partial charge in [0.15, 0.2) is 0 Å². The number of hydrogen-bond acceptors (Lipinski definition) is 3. The quantitative estimate of drug-likeness (QED) is 0.790. The number of carbonyl (C=O) groups excluding carboxylic acids is 1. The van der Waals surface area contributed by atoms with Crippen LogP contribution >= 0.6 is 0 Å². The van der Waals surface area contributed by atoms with Gasteiger partial charge in [-0.1, -0.05) is 6.42 Å². The third-order valence-corrected chi connectivity index (χ3v) is 4.05. The molecule has 0 aromatic rings. The van der Waals surface area contributed by atoms with Gasteiger partial charge in [0.1, 0.15) is 0 Å². The molecule has 1 unspecified atom stereocenters. The minimum absolute atomic E-state index is 0.325. The standard InChI is InChI=1S/C13H25N3O/c14-7-6-12-5-1-2-10-16(12)11-13(17)15-8-3-4-9-15/h12H,1-11,14H2. The number of hydrogen-bond donors (Lipinski definition) is 1. The van der Waals surface area contributed by atoms with Crippen LogP contribution in [0.5, 0.6) is 0 Å². The van der Waals surface area contributed by atoms with Gasteiger partial charge in [0.05, 0.1) is 6.54 Å². The average molecular weight is 239 g/mol. The first-order chi connectivity index (χ1) is 8.31. The van der Waals surface area contributed by atoms with E-state index in [2.05, 4.69) is 4.90 Å². The molecule has 2 aliphatic rings. The van der Waals surface area contributed by atoms with Crippen molar-refractivity contribution in [1.82, 2.24) is 9.80 Å². The van der Waals surface area contributed by atoms with Crippen LogP contribution in [0.4, 0.5) is 0 Å². The molecule has 4 heteroatoms. The zero-order chi connectivity index (χ0) is 12.1. The van der Waals surface area contributed by atoms with Gasteiger partial charge in [-0.15, -0.1) is 0 Å². The summed E-state index contributed by atoms with van der Waals surface area (Å²) in [4.78, 5) is 16.5. The Morgan fingerprint density at radius 3 is 2.53 bits per heavy atom. The van der Waals surface area contributed by atoms with Gasteiger partial charge in [0.2, 0.25) is 5.91 Å². The topological polar surface area (TPSA) is 49.6 Å². The third-order valence-electron chi connectivity index (χ3n) is 4.05. The molecule has 4 nitrogen and oxygen atoms in total. The van der Waals surface area contributed by atoms with Gasteiger partial charge in [-0.05, 0) is 45.2 Å². The molecule has 1 atom stereocenters. The van der Waals surface area contributed by atoms with Crippen molar-refractivity contribution in [2.24, 2.45) is 5.73 Å². The fourth-order valence-electron chi connectivity index (χ4n) is 3.03. The highest BCUT2D eigenvalue weighted by molar-refractivity contribution is 5.78. The molecule has 98 valence electrons. The first-order valence-corrected chi connectivity index (χ1v) is 7.03. The van der Waals surface area contributed by atoms with Crippen LogP contribution in [-0.4, -0.2) is 54.5 Å². The van der Waals surface area contributed by atoms with Crippen molar-refractivity contribution < 1.29 is 4.79 Å². The van der Waals surface area contributed by atoms with E-state index < -0.39 is 0 Å². The van der Waals surface area contributed by atoms with Crippen LogP contribution in [0.15, 0.2) is 0 Å². The maximum Gasteiger partial charge on any atom is 0.236 e. The molecule has 2 heterocycles. The summed E-state index contributed by atoms with van der Waals surface area (Å²) in [6.07, 6.45) is 7.13. The Balaban J connectivity index is 1.84. The SMILES string of the molecule is NCCC1CCCCN1CC(=O)N1CCCC1. The van der Waals surface area contributed by atoms with E-state index in [0.717, 1.165) is 32.6 Å². The molecule has 2 aliphatic heterocycles. The van der Waals surface area contributed by atoms with Crippen molar-refractivity contribution in [1.29, 1.82) is 0 Å². The number of amides is 1. The van der Waals surface area contributed by atoms with E-state index in [1.807, 2.05) is 4.90 Å². The van der Waals surface area contributed by atoms with Crippen LogP contribution in [0.1, 0.15) is 38.5 Å². The summed E-state index contributed by atoms with van der Waals surface area (Å²) in [6.45, 7) is 4.36. The van der Waals surface area contributed by atoms with Crippen LogP contribution in [0.25, 0.3) is 0 Å². The molecule has 0 spiro atoms. The second kappa shape index (κ2) is 6.36. The number of nitrogens with two attached hydrogens (primary N) is 1. The van der Waals surface area contributed by atoms with E-state index in [4.69, 9.17) is 5.73 Å². The summed E-state index contributed by atoms with van der Waals surface area (Å²) in [5, 5.41) is 0. The molecule has 2 N–H and O–H groups in total. The number of carbonyl (C=O) groups is 1. The lowest BCUT2D eigenvalue weighted by molar-refractivity contribution is -0.132. The van der Waals surface area contributed by atoms with Gasteiger partial charge in [0, 0.05) is 19.1 Å². The molecule has 1 amide bonds. The molecule has 0 aromatic carbocycles. The van der Waals surface area contributed by atoms with Gasteiger partial charge in [-0.2, -0.15) is 0 Å². The molecule has 0 radical (unpaired) electrons. The van der Waals surface area contributed by atoms with E-state index in [0.29, 0.717) is 18.5 Å². The molecule has 17 heavy (non-hydrogen) atoms. The van der Waals surface area contributed by atoms with Gasteiger partial charge >= 0.3 is 0 Å². The van der Waals surface area contributed by atoms with Crippen molar-refractivity contribution in [3.63, 3.8) is 0 Å². The molecule has 0 aliphatic carbocycles. The van der Waals surface area contributed by atoms with Gasteiger partial charge in [-0.3, -0.25) is 9.69 Å². The molecule has 0 aromatic heterocycles. The number of rotatable bonds is 4. The van der Waals surface area contributed by atoms with Crippen LogP contribution in [0.3, 0.4) is 0 Å². The Morgan fingerprint density at radius 1 is 1.12 bits per heavy atom. The summed E-state index contributed by atoms with van der Waals surface area (Å²) in [7, 11) is 0. The monoisotopic (exact) mass is 239 g/mol. The summed E-state index contributed by atoms with van der Waals surface area (Å²) in [6, 6.07) is 0.542. The normalized spacial score (nSPS) is 26.4. The molecule has 0 bridgehead atoms. The first kappa shape index (κ1) is 12.8. The Bertz CT molecular complexity index is 249. The molecule has 0 saturated carbocycles. The Hall–Kier alpha value is -0.610. The minimum atomic E-state index is 0.325. The smallest absolute Gasteiger partial charge is 0.236 e. The lowest BCUT2D eigenvalue weighted by Gasteiger charge is -2.36. The molecular formula is C13H25N3O. The molecule has 2 saturated heterocycles. The molecule has 2 rings (SSSR count). The zero-order valence-corrected chi connectivity index (χ0v) is 10.7. The molecular weight excluding hydrogens is 214 g/mol. The number of likely N-dealkylation sites (tertiary alicyclic amines) is 2. The summed E-state index contributed by atoms with van der Waals surface area (Å²) < 4.78 is 0. The Kier molecular flexibility index (Phi) is 4.80. The van der Waals surface area contributed by atoms with Gasteiger partial charge < -0.3 is 10.6 Å². The highest BCUT2D eigenvalue weighted by Gasteiger charge is 2.26. The van der Waals surface area contributed by atoms with E-state index in [1.54, 1.807) is 0 Å². The highest BCUT2D eigenvalue weighted by Crippen LogP contribution is 2.19. The van der Waals surface area contributed by atoms with Gasteiger partial charge in [-0.25, -0.2) is 0 Å². The van der Waals surface area contributed by atoms with Crippen molar-refractivity contribution in [3.05, 3.63) is 0 Å². The lowest BCUT2D eigenvalue weighted by atomic mass is 9.99. The first-order valence-electron chi connectivity index (χ1n) is 7.03. The van der Waals surface area contributed by atoms with E-state index in [1.165, 1.54) is 32.1 Å². The fourth-order valence-corrected chi connectivity index (χ4v) is 3.03. The zero-order valence-electron chi connectivity index (χ0n) is 10.7.